The van der Waals surface area contributed by atoms with E-state index < -0.39 is 5.76 Å². The van der Waals surface area contributed by atoms with E-state index in [4.69, 9.17) is 4.42 Å². The van der Waals surface area contributed by atoms with Gasteiger partial charge >= 0.3 is 5.76 Å². The van der Waals surface area contributed by atoms with Crippen LogP contribution in [0.1, 0.15) is 24.0 Å². The zero-order valence-electron chi connectivity index (χ0n) is 16.1. The van der Waals surface area contributed by atoms with Crippen LogP contribution in [-0.2, 0) is 11.2 Å². The molecule has 6 heteroatoms. The second-order valence-electron chi connectivity index (χ2n) is 7.38. The minimum Gasteiger partial charge on any atom is -0.406 e. The Balaban J connectivity index is 1.30. The summed E-state index contributed by atoms with van der Waals surface area (Å²) in [7, 11) is 0. The van der Waals surface area contributed by atoms with Crippen LogP contribution in [-0.4, -0.2) is 42.0 Å². The minimum absolute atomic E-state index is 0.221. The fraction of sp³-hybridized carbons (Fsp3) is 0.364. The van der Waals surface area contributed by atoms with Crippen LogP contribution in [0.25, 0.3) is 11.1 Å². The summed E-state index contributed by atoms with van der Waals surface area (Å²) >= 11 is 0. The third-order valence-corrected chi connectivity index (χ3v) is 5.38. The smallest absolute Gasteiger partial charge is 0.406 e. The third-order valence-electron chi connectivity index (χ3n) is 5.38. The number of nitrogens with zero attached hydrogens (tertiary/aromatic N) is 2. The molecule has 0 saturated carbocycles. The molecule has 0 atom stereocenters. The normalized spacial score (nSPS) is 14.6. The van der Waals surface area contributed by atoms with Crippen LogP contribution in [0.5, 0.6) is 0 Å². The summed E-state index contributed by atoms with van der Waals surface area (Å²) in [5.41, 5.74) is 4.74. The molecule has 3 aromatic rings. The highest BCUT2D eigenvalue weighted by Crippen LogP contribution is 2.26. The number of hydrogen-bond acceptors (Lipinski definition) is 4. The predicted octanol–water partition coefficient (Wildman–Crippen LogP) is 3.10. The Morgan fingerprint density at radius 2 is 1.82 bits per heavy atom. The molecule has 1 fully saturated rings. The number of fused-ring (bicyclic) bond motifs is 1. The van der Waals surface area contributed by atoms with Crippen molar-refractivity contribution in [3.8, 4) is 0 Å². The number of aromatic amines is 1. The second-order valence-corrected chi connectivity index (χ2v) is 7.38. The number of carbonyl (C=O) groups is 1. The maximum absolute atomic E-state index is 12.5. The molecule has 2 heterocycles. The number of anilines is 1. The molecule has 1 aliphatic rings. The first-order valence-electron chi connectivity index (χ1n) is 9.80. The summed E-state index contributed by atoms with van der Waals surface area (Å²) in [5.74, 6) is -0.219. The zero-order chi connectivity index (χ0) is 19.5. The van der Waals surface area contributed by atoms with Gasteiger partial charge in [-0.05, 0) is 37.5 Å². The quantitative estimate of drug-likeness (QED) is 0.740. The molecule has 0 bridgehead atoms. The van der Waals surface area contributed by atoms with E-state index >= 15 is 0 Å². The number of rotatable bonds is 5. The number of amides is 1. The highest BCUT2D eigenvalue weighted by molar-refractivity contribution is 5.86. The fourth-order valence-corrected chi connectivity index (χ4v) is 3.76. The molecule has 1 aliphatic heterocycles. The molecule has 0 radical (unpaired) electrons. The summed E-state index contributed by atoms with van der Waals surface area (Å²) in [6.45, 7) is 4.93. The van der Waals surface area contributed by atoms with Crippen molar-refractivity contribution in [2.45, 2.75) is 26.2 Å². The van der Waals surface area contributed by atoms with E-state index in [0.717, 1.165) is 31.6 Å². The lowest BCUT2D eigenvalue weighted by Gasteiger charge is -2.36. The molecular formula is C22H25N3O3. The van der Waals surface area contributed by atoms with E-state index in [2.05, 4.69) is 41.1 Å². The summed E-state index contributed by atoms with van der Waals surface area (Å²) in [5, 5.41) is 0. The predicted molar refractivity (Wildman–Crippen MR) is 110 cm³/mol. The molecule has 0 aliphatic carbocycles. The molecule has 2 aromatic carbocycles. The Morgan fingerprint density at radius 1 is 1.07 bits per heavy atom. The van der Waals surface area contributed by atoms with E-state index in [1.165, 1.54) is 11.1 Å². The molecule has 1 saturated heterocycles. The molecule has 4 rings (SSSR count). The number of aromatic nitrogens is 1. The van der Waals surface area contributed by atoms with Gasteiger partial charge in [0.2, 0.25) is 5.91 Å². The van der Waals surface area contributed by atoms with Crippen LogP contribution in [0, 0.1) is 6.92 Å². The highest BCUT2D eigenvalue weighted by Gasteiger charge is 2.23. The molecule has 0 spiro atoms. The average molecular weight is 379 g/mol. The van der Waals surface area contributed by atoms with Crippen molar-refractivity contribution in [1.29, 1.82) is 0 Å². The lowest BCUT2D eigenvalue weighted by atomic mass is 10.1. The van der Waals surface area contributed by atoms with Crippen molar-refractivity contribution in [3.05, 3.63) is 64.1 Å². The van der Waals surface area contributed by atoms with Gasteiger partial charge in [0.1, 0.15) is 0 Å². The minimum atomic E-state index is -0.440. The van der Waals surface area contributed by atoms with E-state index in [1.54, 1.807) is 0 Å². The van der Waals surface area contributed by atoms with Crippen LogP contribution in [0.2, 0.25) is 0 Å². The molecule has 6 nitrogen and oxygen atoms in total. The first-order valence-corrected chi connectivity index (χ1v) is 9.80. The molecule has 1 aromatic heterocycles. The zero-order valence-corrected chi connectivity index (χ0v) is 16.1. The Morgan fingerprint density at radius 3 is 2.57 bits per heavy atom. The van der Waals surface area contributed by atoms with Gasteiger partial charge < -0.3 is 14.2 Å². The van der Waals surface area contributed by atoms with Crippen molar-refractivity contribution < 1.29 is 9.21 Å². The van der Waals surface area contributed by atoms with Crippen molar-refractivity contribution in [1.82, 2.24) is 9.88 Å². The van der Waals surface area contributed by atoms with Gasteiger partial charge in [-0.15, -0.1) is 0 Å². The van der Waals surface area contributed by atoms with Gasteiger partial charge in [-0.3, -0.25) is 9.78 Å². The molecule has 0 unspecified atom stereocenters. The standard InChI is InChI=1S/C22H25N3O3/c1-16-8-10-17(11-9-16)4-2-7-20(26)25-14-12-24(13-15-25)19-6-3-5-18-21(19)28-22(27)23-18/h3,5-6,8-11H,2,4,7,12-15H2,1H3,(H,23,27). The van der Waals surface area contributed by atoms with Crippen LogP contribution < -0.4 is 10.7 Å². The van der Waals surface area contributed by atoms with Crippen LogP contribution in [0.4, 0.5) is 5.69 Å². The van der Waals surface area contributed by atoms with E-state index in [1.807, 2.05) is 23.1 Å². The molecule has 146 valence electrons. The highest BCUT2D eigenvalue weighted by atomic mass is 16.4. The number of para-hydroxylation sites is 1. The van der Waals surface area contributed by atoms with Gasteiger partial charge in [-0.25, -0.2) is 4.79 Å². The topological polar surface area (TPSA) is 69.6 Å². The van der Waals surface area contributed by atoms with E-state index in [0.29, 0.717) is 30.6 Å². The van der Waals surface area contributed by atoms with Crippen molar-refractivity contribution in [3.63, 3.8) is 0 Å². The molecular weight excluding hydrogens is 354 g/mol. The lowest BCUT2D eigenvalue weighted by molar-refractivity contribution is -0.131. The molecule has 1 N–H and O–H groups in total. The van der Waals surface area contributed by atoms with Gasteiger partial charge in [-0.1, -0.05) is 35.9 Å². The van der Waals surface area contributed by atoms with Crippen LogP contribution >= 0.6 is 0 Å². The van der Waals surface area contributed by atoms with Gasteiger partial charge in [-0.2, -0.15) is 0 Å². The fourth-order valence-electron chi connectivity index (χ4n) is 3.76. The number of H-pyrrole nitrogens is 1. The van der Waals surface area contributed by atoms with Gasteiger partial charge in [0.25, 0.3) is 0 Å². The summed E-state index contributed by atoms with van der Waals surface area (Å²) in [6, 6.07) is 14.2. The summed E-state index contributed by atoms with van der Waals surface area (Å²) in [4.78, 5) is 30.8. The van der Waals surface area contributed by atoms with E-state index in [9.17, 15) is 9.59 Å². The summed E-state index contributed by atoms with van der Waals surface area (Å²) < 4.78 is 5.30. The largest absolute Gasteiger partial charge is 0.417 e. The van der Waals surface area contributed by atoms with Crippen molar-refractivity contribution in [2.24, 2.45) is 0 Å². The maximum Gasteiger partial charge on any atom is 0.417 e. The lowest BCUT2D eigenvalue weighted by Crippen LogP contribution is -2.48. The summed E-state index contributed by atoms with van der Waals surface area (Å²) in [6.07, 6.45) is 2.38. The third kappa shape index (κ3) is 3.96. The Bertz CT molecular complexity index is 1010. The molecule has 28 heavy (non-hydrogen) atoms. The SMILES string of the molecule is Cc1ccc(CCCC(=O)N2CCN(c3cccc4[nH]c(=O)oc34)CC2)cc1. The van der Waals surface area contributed by atoms with Gasteiger partial charge in [0.05, 0.1) is 11.2 Å². The maximum atomic E-state index is 12.5. The van der Waals surface area contributed by atoms with Crippen LogP contribution in [0.3, 0.4) is 0 Å². The first kappa shape index (κ1) is 18.3. The monoisotopic (exact) mass is 379 g/mol. The number of benzene rings is 2. The van der Waals surface area contributed by atoms with Crippen molar-refractivity contribution in [2.75, 3.05) is 31.1 Å². The number of piperazine rings is 1. The molecule has 1 amide bonds. The number of nitrogens with one attached hydrogen (secondary N) is 1. The van der Waals surface area contributed by atoms with Gasteiger partial charge in [0, 0.05) is 32.6 Å². The Labute approximate surface area is 163 Å². The number of oxazole rings is 1. The number of hydrogen-bond donors (Lipinski definition) is 1. The average Bonchev–Trinajstić information content (AvgIpc) is 3.10. The first-order chi connectivity index (χ1) is 13.6. The number of carbonyl (C=O) groups excluding carboxylic acids is 1. The van der Waals surface area contributed by atoms with E-state index in [-0.39, 0.29) is 5.91 Å². The second kappa shape index (κ2) is 7.92. The van der Waals surface area contributed by atoms with Crippen LogP contribution in [0.15, 0.2) is 51.7 Å². The van der Waals surface area contributed by atoms with Gasteiger partial charge in [0.15, 0.2) is 5.58 Å². The van der Waals surface area contributed by atoms with Crippen molar-refractivity contribution >= 4 is 22.7 Å². The number of aryl methyl sites for hydroxylation is 2. The Kier molecular flexibility index (Phi) is 5.19. The Hall–Kier alpha value is -3.02.